The molecule has 106 valence electrons. The van der Waals surface area contributed by atoms with Gasteiger partial charge < -0.3 is 19.3 Å². The molecule has 0 saturated heterocycles. The van der Waals surface area contributed by atoms with Gasteiger partial charge in [-0.15, -0.1) is 0 Å². The average Bonchev–Trinajstić information content (AvgIpc) is 2.55. The Morgan fingerprint density at radius 2 is 2.00 bits per heavy atom. The van der Waals surface area contributed by atoms with Gasteiger partial charge in [0.1, 0.15) is 11.4 Å². The second-order valence-corrected chi connectivity index (χ2v) is 6.29. The third kappa shape index (κ3) is 4.09. The van der Waals surface area contributed by atoms with Crippen molar-refractivity contribution in [3.8, 4) is 0 Å². The smallest absolute Gasteiger partial charge is 0.408 e. The van der Waals surface area contributed by atoms with Crippen LogP contribution in [0.4, 0.5) is 4.79 Å². The summed E-state index contributed by atoms with van der Waals surface area (Å²) in [4.78, 5) is 23.1. The number of furan rings is 1. The van der Waals surface area contributed by atoms with Crippen molar-refractivity contribution in [3.05, 3.63) is 22.1 Å². The van der Waals surface area contributed by atoms with E-state index < -0.39 is 17.2 Å². The van der Waals surface area contributed by atoms with Gasteiger partial charge in [-0.3, -0.25) is 0 Å². The van der Waals surface area contributed by atoms with E-state index in [2.05, 4.69) is 21.2 Å². The monoisotopic (exact) mass is 331 g/mol. The first-order valence-corrected chi connectivity index (χ1v) is 6.60. The van der Waals surface area contributed by atoms with Crippen molar-refractivity contribution in [2.24, 2.45) is 0 Å². The molecule has 19 heavy (non-hydrogen) atoms. The lowest BCUT2D eigenvalue weighted by molar-refractivity contribution is -0.113. The maximum Gasteiger partial charge on any atom is 0.408 e. The number of aryl methyl sites for hydroxylation is 1. The van der Waals surface area contributed by atoms with Crippen LogP contribution in [0.15, 0.2) is 15.2 Å². The molecule has 0 fully saturated rings. The van der Waals surface area contributed by atoms with Crippen LogP contribution in [-0.4, -0.2) is 18.0 Å². The number of nitrogens with one attached hydrogen (secondary N) is 1. The number of aldehydes is 1. The van der Waals surface area contributed by atoms with E-state index in [1.165, 1.54) is 0 Å². The lowest BCUT2D eigenvalue weighted by Gasteiger charge is -2.26. The van der Waals surface area contributed by atoms with Gasteiger partial charge in [0.2, 0.25) is 0 Å². The molecule has 0 saturated carbocycles. The summed E-state index contributed by atoms with van der Waals surface area (Å²) in [6.07, 6.45) is -0.0520. The van der Waals surface area contributed by atoms with Gasteiger partial charge in [-0.05, 0) is 62.2 Å². The largest absolute Gasteiger partial charge is 0.451 e. The van der Waals surface area contributed by atoms with Crippen molar-refractivity contribution < 1.29 is 18.7 Å². The third-order valence-electron chi connectivity index (χ3n) is 2.36. The number of carbonyl (C=O) groups excluding carboxylic acids is 2. The van der Waals surface area contributed by atoms with Crippen LogP contribution in [0, 0.1) is 6.92 Å². The van der Waals surface area contributed by atoms with Crippen molar-refractivity contribution in [3.63, 3.8) is 0 Å². The molecular weight excluding hydrogens is 314 g/mol. The van der Waals surface area contributed by atoms with Crippen LogP contribution in [0.2, 0.25) is 0 Å². The zero-order chi connectivity index (χ0) is 14.8. The zero-order valence-corrected chi connectivity index (χ0v) is 13.3. The summed E-state index contributed by atoms with van der Waals surface area (Å²) in [7, 11) is 0. The number of hydrogen-bond acceptors (Lipinski definition) is 4. The van der Waals surface area contributed by atoms with Crippen LogP contribution in [0.1, 0.15) is 39.0 Å². The van der Waals surface area contributed by atoms with Crippen LogP contribution >= 0.6 is 15.9 Å². The zero-order valence-electron chi connectivity index (χ0n) is 11.7. The average molecular weight is 332 g/mol. The van der Waals surface area contributed by atoms with Crippen LogP contribution in [0.3, 0.4) is 0 Å². The minimum atomic E-state index is -1.27. The lowest BCUT2D eigenvalue weighted by Crippen LogP contribution is -2.47. The third-order valence-corrected chi connectivity index (χ3v) is 2.75. The van der Waals surface area contributed by atoms with Gasteiger partial charge in [0.15, 0.2) is 16.5 Å². The van der Waals surface area contributed by atoms with Crippen molar-refractivity contribution in [2.45, 2.75) is 45.8 Å². The number of ether oxygens (including phenoxy) is 1. The molecule has 1 aromatic heterocycles. The second-order valence-electron chi connectivity index (χ2n) is 5.51. The molecule has 0 aliphatic rings. The van der Waals surface area contributed by atoms with Gasteiger partial charge in [-0.25, -0.2) is 4.79 Å². The summed E-state index contributed by atoms with van der Waals surface area (Å²) >= 11 is 3.19. The highest BCUT2D eigenvalue weighted by molar-refractivity contribution is 9.10. The van der Waals surface area contributed by atoms with Crippen molar-refractivity contribution in [1.29, 1.82) is 0 Å². The molecular formula is C13H18BrNO4. The van der Waals surface area contributed by atoms with E-state index in [9.17, 15) is 9.59 Å². The number of amides is 1. The van der Waals surface area contributed by atoms with E-state index in [1.807, 2.05) is 0 Å². The highest BCUT2D eigenvalue weighted by Gasteiger charge is 2.35. The molecule has 1 N–H and O–H groups in total. The van der Waals surface area contributed by atoms with Crippen LogP contribution in [0.25, 0.3) is 0 Å². The molecule has 5 nitrogen and oxygen atoms in total. The molecule has 0 radical (unpaired) electrons. The van der Waals surface area contributed by atoms with E-state index >= 15 is 0 Å². The van der Waals surface area contributed by atoms with E-state index in [1.54, 1.807) is 40.7 Å². The van der Waals surface area contributed by atoms with Gasteiger partial charge in [0.25, 0.3) is 0 Å². The summed E-state index contributed by atoms with van der Waals surface area (Å²) in [5, 5.41) is 2.53. The standard InChI is InChI=1S/C13H18BrNO4/c1-8-6-9(14)18-10(8)13(5,7-16)15-11(17)19-12(2,3)4/h6-7H,1-5H3,(H,15,17). The first-order valence-electron chi connectivity index (χ1n) is 5.81. The van der Waals surface area contributed by atoms with Gasteiger partial charge in [0, 0.05) is 0 Å². The molecule has 6 heteroatoms. The van der Waals surface area contributed by atoms with Gasteiger partial charge >= 0.3 is 6.09 Å². The Kier molecular flexibility index (Phi) is 4.45. The molecule has 0 bridgehead atoms. The van der Waals surface area contributed by atoms with Crippen LogP contribution < -0.4 is 5.32 Å². The number of alkyl carbamates (subject to hydrolysis) is 1. The summed E-state index contributed by atoms with van der Waals surface area (Å²) in [6, 6.07) is 1.73. The van der Waals surface area contributed by atoms with E-state index in [0.29, 0.717) is 16.7 Å². The Hall–Kier alpha value is -1.30. The summed E-state index contributed by atoms with van der Waals surface area (Å²) < 4.78 is 11.1. The fourth-order valence-corrected chi connectivity index (χ4v) is 2.12. The Balaban J connectivity index is 2.96. The van der Waals surface area contributed by atoms with E-state index in [0.717, 1.165) is 5.56 Å². The Morgan fingerprint density at radius 3 is 2.37 bits per heavy atom. The van der Waals surface area contributed by atoms with Gasteiger partial charge in [0.05, 0.1) is 0 Å². The lowest BCUT2D eigenvalue weighted by atomic mass is 9.98. The van der Waals surface area contributed by atoms with Crippen LogP contribution in [0.5, 0.6) is 0 Å². The number of hydrogen-bond donors (Lipinski definition) is 1. The molecule has 0 aromatic carbocycles. The Bertz CT molecular complexity index is 489. The predicted octanol–water partition coefficient (Wildman–Crippen LogP) is 3.29. The summed E-state index contributed by atoms with van der Waals surface area (Å²) in [5.41, 5.74) is -1.14. The van der Waals surface area contributed by atoms with E-state index in [4.69, 9.17) is 9.15 Å². The maximum absolute atomic E-state index is 11.8. The topological polar surface area (TPSA) is 68.5 Å². The summed E-state index contributed by atoms with van der Waals surface area (Å²) in [5.74, 6) is 0.375. The first kappa shape index (κ1) is 15.8. The van der Waals surface area contributed by atoms with Gasteiger partial charge in [-0.2, -0.15) is 0 Å². The molecule has 1 heterocycles. The van der Waals surface area contributed by atoms with Crippen molar-refractivity contribution >= 4 is 28.3 Å². The maximum atomic E-state index is 11.8. The molecule has 1 atom stereocenters. The van der Waals surface area contributed by atoms with Crippen molar-refractivity contribution in [2.75, 3.05) is 0 Å². The molecule has 1 aromatic rings. The molecule has 1 unspecified atom stereocenters. The molecule has 0 aliphatic carbocycles. The van der Waals surface area contributed by atoms with E-state index in [-0.39, 0.29) is 0 Å². The van der Waals surface area contributed by atoms with Crippen molar-refractivity contribution in [1.82, 2.24) is 5.32 Å². The first-order chi connectivity index (χ1) is 8.57. The molecule has 0 spiro atoms. The molecule has 1 rings (SSSR count). The quantitative estimate of drug-likeness (QED) is 0.863. The normalized spacial score (nSPS) is 14.6. The highest BCUT2D eigenvalue weighted by Crippen LogP contribution is 2.28. The van der Waals surface area contributed by atoms with Gasteiger partial charge in [-0.1, -0.05) is 0 Å². The Morgan fingerprint density at radius 1 is 1.42 bits per heavy atom. The highest BCUT2D eigenvalue weighted by atomic mass is 79.9. The Labute approximate surface area is 120 Å². The molecule has 0 aliphatic heterocycles. The fourth-order valence-electron chi connectivity index (χ4n) is 1.61. The second kappa shape index (κ2) is 5.36. The molecule has 1 amide bonds. The fraction of sp³-hybridized carbons (Fsp3) is 0.538. The van der Waals surface area contributed by atoms with Crippen LogP contribution in [-0.2, 0) is 15.1 Å². The number of rotatable bonds is 3. The predicted molar refractivity (Wildman–Crippen MR) is 73.9 cm³/mol. The number of halogens is 1. The SMILES string of the molecule is Cc1cc(Br)oc1C(C)(C=O)NC(=O)OC(C)(C)C. The minimum Gasteiger partial charge on any atom is -0.451 e. The number of carbonyl (C=O) groups is 2. The summed E-state index contributed by atoms with van der Waals surface area (Å²) in [6.45, 7) is 8.60. The minimum absolute atomic E-state index is 0.375.